The predicted octanol–water partition coefficient (Wildman–Crippen LogP) is 15.1. The zero-order valence-electron chi connectivity index (χ0n) is 37.8. The summed E-state index contributed by atoms with van der Waals surface area (Å²) in [4.78, 5) is 24.5. The fourth-order valence-electron chi connectivity index (χ4n) is 6.79. The minimum Gasteiger partial charge on any atom is -0.491 e. The van der Waals surface area contributed by atoms with Gasteiger partial charge < -0.3 is 18.6 Å². The first-order valence-electron chi connectivity index (χ1n) is 20.8. The Hall–Kier alpha value is -4.69. The van der Waals surface area contributed by atoms with Crippen molar-refractivity contribution in [3.05, 3.63) is 83.5 Å². The van der Waals surface area contributed by atoms with Crippen LogP contribution >= 0.6 is 0 Å². The normalized spacial score (nSPS) is 14.6. The van der Waals surface area contributed by atoms with Crippen LogP contribution in [-0.4, -0.2) is 87.8 Å². The molecule has 0 unspecified atom stereocenters. The van der Waals surface area contributed by atoms with Gasteiger partial charge in [-0.3, -0.25) is 5.32 Å². The smallest absolute Gasteiger partial charge is 0.460 e. The van der Waals surface area contributed by atoms with E-state index in [2.05, 4.69) is 5.32 Å². The minimum atomic E-state index is -8.72. The van der Waals surface area contributed by atoms with Crippen LogP contribution in [0.25, 0.3) is 0 Å². The standard InChI is InChI=1S/C43H48F19NO6Si/c1-7-66-34(64)23-27(6)11-9-8-10-12-33(69-35(65)63-32-18-15-29(44)24-31(32)45)28-13-16-30(17-14-28)67-20-21-68-70(25(2)3,26(4)5)22-19-36(46,47)37(48,49)38(50,51)39(52,53)40(54,55)41(56,57)42(58,59)43(60,61)62/h9,11,13-18,23-26,33H,7-8,10,12,19-22H2,1-6H3,(H,63,65)/b11-9+,27-23+/t33-/m1/s1. The van der Waals surface area contributed by atoms with Crippen molar-refractivity contribution < 1.29 is 112 Å². The average molecular weight is 1060 g/mol. The van der Waals surface area contributed by atoms with Crippen LogP contribution in [0, 0.1) is 11.6 Å². The summed E-state index contributed by atoms with van der Waals surface area (Å²) in [6.45, 7) is 7.61. The highest BCUT2D eigenvalue weighted by molar-refractivity contribution is 6.76. The van der Waals surface area contributed by atoms with Gasteiger partial charge in [0.05, 0.1) is 18.9 Å². The number of esters is 1. The summed E-state index contributed by atoms with van der Waals surface area (Å²) in [5.74, 6) is -59.5. The summed E-state index contributed by atoms with van der Waals surface area (Å²) in [6, 6.07) is 6.55. The molecule has 0 aliphatic heterocycles. The molecule has 0 saturated carbocycles. The molecule has 27 heteroatoms. The van der Waals surface area contributed by atoms with E-state index in [0.717, 1.165) is 12.1 Å². The van der Waals surface area contributed by atoms with Crippen LogP contribution in [0.1, 0.15) is 78.9 Å². The number of nitrogens with one attached hydrogen (secondary N) is 1. The van der Waals surface area contributed by atoms with E-state index in [1.54, 1.807) is 26.0 Å². The van der Waals surface area contributed by atoms with Crippen molar-refractivity contribution in [3.8, 4) is 5.75 Å². The molecule has 0 aliphatic rings. The van der Waals surface area contributed by atoms with Gasteiger partial charge >= 0.3 is 59.7 Å². The molecule has 0 aliphatic carbocycles. The Morgan fingerprint density at radius 1 is 0.714 bits per heavy atom. The first-order chi connectivity index (χ1) is 31.8. The van der Waals surface area contributed by atoms with E-state index in [-0.39, 0.29) is 18.8 Å². The quantitative estimate of drug-likeness (QED) is 0.0252. The molecule has 1 amide bonds. The lowest BCUT2D eigenvalue weighted by Crippen LogP contribution is -2.74. The fraction of sp³-hybridized carbons (Fsp3) is 0.581. The Labute approximate surface area is 389 Å². The molecule has 2 aromatic carbocycles. The van der Waals surface area contributed by atoms with Gasteiger partial charge in [-0.25, -0.2) is 18.4 Å². The lowest BCUT2D eigenvalue weighted by molar-refractivity contribution is -0.461. The Balaban J connectivity index is 2.28. The number of amides is 1. The van der Waals surface area contributed by atoms with Crippen LogP contribution in [0.2, 0.25) is 17.1 Å². The molecule has 7 nitrogen and oxygen atoms in total. The Kier molecular flexibility index (Phi) is 20.4. The summed E-state index contributed by atoms with van der Waals surface area (Å²) in [5, 5.41) is 2.16. The zero-order chi connectivity index (χ0) is 54.1. The number of benzene rings is 2. The lowest BCUT2D eigenvalue weighted by Gasteiger charge is -2.44. The molecule has 2 aromatic rings. The van der Waals surface area contributed by atoms with E-state index >= 15 is 8.78 Å². The Morgan fingerprint density at radius 2 is 1.24 bits per heavy atom. The van der Waals surface area contributed by atoms with Crippen LogP contribution in [0.5, 0.6) is 5.75 Å². The molecule has 0 radical (unpaired) electrons. The maximum Gasteiger partial charge on any atom is 0.460 e. The van der Waals surface area contributed by atoms with Crippen molar-refractivity contribution >= 4 is 26.1 Å². The predicted molar refractivity (Wildman–Crippen MR) is 217 cm³/mol. The SMILES string of the molecule is CCOC(=O)/C=C(C)/C=C/CCC[C@@H](OC(=O)Nc1ccc(F)cc1F)c1ccc(OCCO[Si](CCC(F)(F)C(F)(F)C(F)(F)C(F)(F)C(F)(F)C(F)(F)C(F)(F)C(F)(F)F)(C(C)C)C(C)C)cc1. The van der Waals surface area contributed by atoms with Gasteiger partial charge in [-0.15, -0.1) is 0 Å². The van der Waals surface area contributed by atoms with Gasteiger partial charge in [-0.1, -0.05) is 52.0 Å². The largest absolute Gasteiger partial charge is 0.491 e. The van der Waals surface area contributed by atoms with Crippen LogP contribution in [0.3, 0.4) is 0 Å². The van der Waals surface area contributed by atoms with E-state index < -0.39 is 128 Å². The number of halogens is 19. The number of carbonyl (C=O) groups is 2. The lowest BCUT2D eigenvalue weighted by atomic mass is 9.88. The summed E-state index contributed by atoms with van der Waals surface area (Å²) in [5.41, 5.74) is -1.31. The number of allylic oxidation sites excluding steroid dienone is 3. The molecular weight excluding hydrogens is 1020 g/mol. The number of alkyl halides is 17. The third kappa shape index (κ3) is 13.4. The number of hydrogen-bond acceptors (Lipinski definition) is 6. The monoisotopic (exact) mass is 1060 g/mol. The van der Waals surface area contributed by atoms with Crippen molar-refractivity contribution in [3.63, 3.8) is 0 Å². The molecule has 0 fully saturated rings. The average Bonchev–Trinajstić information content (AvgIpc) is 3.23. The van der Waals surface area contributed by atoms with E-state index in [4.69, 9.17) is 18.6 Å². The number of unbranched alkanes of at least 4 members (excludes halogenated alkanes) is 1. The Morgan fingerprint density at radius 3 is 1.74 bits per heavy atom. The van der Waals surface area contributed by atoms with Gasteiger partial charge in [0.15, 0.2) is 8.32 Å². The molecule has 0 aromatic heterocycles. The molecule has 2 rings (SSSR count). The number of rotatable bonds is 26. The summed E-state index contributed by atoms with van der Waals surface area (Å²) >= 11 is 0. The molecule has 398 valence electrons. The number of anilines is 1. The molecule has 0 saturated heterocycles. The summed E-state index contributed by atoms with van der Waals surface area (Å²) in [6.07, 6.45) is -7.01. The topological polar surface area (TPSA) is 83.1 Å². The van der Waals surface area contributed by atoms with E-state index in [0.29, 0.717) is 30.0 Å². The second-order valence-electron chi connectivity index (χ2n) is 16.3. The van der Waals surface area contributed by atoms with E-state index in [1.807, 2.05) is 0 Å². The molecule has 0 spiro atoms. The van der Waals surface area contributed by atoms with Crippen LogP contribution in [0.15, 0.2) is 66.3 Å². The Bertz CT molecular complexity index is 2100. The van der Waals surface area contributed by atoms with Gasteiger partial charge in [0.25, 0.3) is 0 Å². The van der Waals surface area contributed by atoms with Crippen molar-refractivity contribution in [2.45, 2.75) is 138 Å². The van der Waals surface area contributed by atoms with Gasteiger partial charge in [-0.05, 0) is 85.6 Å². The number of ether oxygens (including phenoxy) is 3. The fourth-order valence-corrected chi connectivity index (χ4v) is 11.3. The van der Waals surface area contributed by atoms with E-state index in [9.17, 15) is 84.2 Å². The summed E-state index contributed by atoms with van der Waals surface area (Å²) < 4.78 is 286. The molecule has 1 N–H and O–H groups in total. The van der Waals surface area contributed by atoms with Crippen molar-refractivity contribution in [1.29, 1.82) is 0 Å². The molecule has 0 heterocycles. The molecule has 70 heavy (non-hydrogen) atoms. The highest BCUT2D eigenvalue weighted by Crippen LogP contribution is 2.64. The zero-order valence-corrected chi connectivity index (χ0v) is 38.8. The van der Waals surface area contributed by atoms with Crippen molar-refractivity contribution in [2.24, 2.45) is 0 Å². The number of carbonyl (C=O) groups excluding carboxylic acids is 2. The highest BCUT2D eigenvalue weighted by Gasteiger charge is 2.95. The van der Waals surface area contributed by atoms with Crippen molar-refractivity contribution in [1.82, 2.24) is 0 Å². The highest BCUT2D eigenvalue weighted by atomic mass is 28.4. The second kappa shape index (κ2) is 23.2. The van der Waals surface area contributed by atoms with Gasteiger partial charge in [-0.2, -0.15) is 74.6 Å². The van der Waals surface area contributed by atoms with Crippen molar-refractivity contribution in [2.75, 3.05) is 25.1 Å². The first kappa shape index (κ1) is 61.4. The first-order valence-corrected chi connectivity index (χ1v) is 23.1. The molecule has 0 bridgehead atoms. The molecular formula is C43H48F19NO6Si. The van der Waals surface area contributed by atoms with Gasteiger partial charge in [0, 0.05) is 18.6 Å². The second-order valence-corrected chi connectivity index (χ2v) is 21.3. The van der Waals surface area contributed by atoms with Gasteiger partial charge in [0.2, 0.25) is 0 Å². The minimum absolute atomic E-state index is 0.0711. The van der Waals surface area contributed by atoms with Crippen LogP contribution in [0.4, 0.5) is 93.9 Å². The third-order valence-corrected chi connectivity index (χ3v) is 16.5. The van der Waals surface area contributed by atoms with Crippen LogP contribution in [-0.2, 0) is 18.7 Å². The number of hydrogen-bond donors (Lipinski definition) is 1. The van der Waals surface area contributed by atoms with Gasteiger partial charge in [0.1, 0.15) is 30.1 Å². The molecule has 1 atom stereocenters. The summed E-state index contributed by atoms with van der Waals surface area (Å²) in [7, 11) is -4.05. The third-order valence-electron chi connectivity index (χ3n) is 10.8. The van der Waals surface area contributed by atoms with Crippen LogP contribution < -0.4 is 10.1 Å². The van der Waals surface area contributed by atoms with E-state index in [1.165, 1.54) is 58.0 Å². The maximum absolute atomic E-state index is 15.0. The maximum atomic E-state index is 15.0.